The second-order valence-corrected chi connectivity index (χ2v) is 4.24. The maximum absolute atomic E-state index is 11.7. The van der Waals surface area contributed by atoms with Crippen LogP contribution in [0.3, 0.4) is 0 Å². The van der Waals surface area contributed by atoms with Crippen LogP contribution < -0.4 is 9.64 Å². The molecule has 1 amide bonds. The molecule has 0 radical (unpaired) electrons. The van der Waals surface area contributed by atoms with Gasteiger partial charge < -0.3 is 9.64 Å². The van der Waals surface area contributed by atoms with Gasteiger partial charge in [0.2, 0.25) is 0 Å². The van der Waals surface area contributed by atoms with Gasteiger partial charge in [-0.1, -0.05) is 0 Å². The molecule has 1 aliphatic rings. The number of ether oxygens (including phenoxy) is 1. The number of ketones is 1. The molecule has 0 atom stereocenters. The minimum atomic E-state index is -0.474. The molecule has 2 rings (SSSR count). The van der Waals surface area contributed by atoms with Crippen LogP contribution in [-0.2, 0) is 4.79 Å². The Morgan fingerprint density at radius 1 is 1.38 bits per heavy atom. The van der Waals surface area contributed by atoms with E-state index in [1.807, 2.05) is 6.92 Å². The summed E-state index contributed by atoms with van der Waals surface area (Å²) in [5, 5.41) is 0. The second kappa shape index (κ2) is 3.90. The van der Waals surface area contributed by atoms with Crippen molar-refractivity contribution in [2.24, 2.45) is 0 Å². The van der Waals surface area contributed by atoms with E-state index in [1.165, 1.54) is 4.90 Å². The summed E-state index contributed by atoms with van der Waals surface area (Å²) in [6.07, 6.45) is 0. The monoisotopic (exact) mass is 283 g/mol. The van der Waals surface area contributed by atoms with Crippen LogP contribution in [0.15, 0.2) is 16.6 Å². The first kappa shape index (κ1) is 11.1. The highest BCUT2D eigenvalue weighted by Gasteiger charge is 2.35. The van der Waals surface area contributed by atoms with Gasteiger partial charge in [0.15, 0.2) is 0 Å². The minimum absolute atomic E-state index is 0.430. The van der Waals surface area contributed by atoms with Crippen LogP contribution in [0.4, 0.5) is 5.69 Å². The summed E-state index contributed by atoms with van der Waals surface area (Å²) < 4.78 is 5.81. The Bertz CT molecular complexity index is 484. The number of likely N-dealkylation sites (N-methyl/N-ethyl adjacent to an activating group) is 1. The lowest BCUT2D eigenvalue weighted by molar-refractivity contribution is -0.114. The zero-order valence-corrected chi connectivity index (χ0v) is 10.5. The largest absolute Gasteiger partial charge is 0.495 e. The Balaban J connectivity index is 2.63. The Labute approximate surface area is 101 Å². The molecule has 1 aromatic carbocycles. The second-order valence-electron chi connectivity index (χ2n) is 3.38. The summed E-state index contributed by atoms with van der Waals surface area (Å²) in [5.74, 6) is -0.322. The smallest absolute Gasteiger partial charge is 0.299 e. The molecule has 0 saturated heterocycles. The van der Waals surface area contributed by atoms with Crippen molar-refractivity contribution in [1.29, 1.82) is 0 Å². The maximum Gasteiger partial charge on any atom is 0.299 e. The number of nitrogens with zero attached hydrogens (tertiary/aromatic N) is 1. The molecule has 84 valence electrons. The van der Waals surface area contributed by atoms with E-state index in [0.717, 1.165) is 0 Å². The lowest BCUT2D eigenvalue weighted by atomic mass is 10.1. The zero-order valence-electron chi connectivity index (χ0n) is 8.91. The van der Waals surface area contributed by atoms with Gasteiger partial charge in [0.25, 0.3) is 11.7 Å². The average molecular weight is 284 g/mol. The molecule has 0 saturated carbocycles. The van der Waals surface area contributed by atoms with Crippen molar-refractivity contribution in [2.75, 3.05) is 18.6 Å². The van der Waals surface area contributed by atoms with Gasteiger partial charge >= 0.3 is 0 Å². The number of halogens is 1. The highest BCUT2D eigenvalue weighted by atomic mass is 79.9. The number of methoxy groups -OCH3 is 1. The summed E-state index contributed by atoms with van der Waals surface area (Å²) in [7, 11) is 1.54. The summed E-state index contributed by atoms with van der Waals surface area (Å²) >= 11 is 3.29. The van der Waals surface area contributed by atoms with E-state index in [1.54, 1.807) is 19.2 Å². The molecule has 16 heavy (non-hydrogen) atoms. The van der Waals surface area contributed by atoms with Crippen molar-refractivity contribution < 1.29 is 14.3 Å². The fourth-order valence-corrected chi connectivity index (χ4v) is 2.27. The van der Waals surface area contributed by atoms with Crippen molar-refractivity contribution in [3.63, 3.8) is 0 Å². The number of rotatable bonds is 2. The van der Waals surface area contributed by atoms with Gasteiger partial charge in [-0.05, 0) is 28.9 Å². The molecule has 1 aromatic rings. The van der Waals surface area contributed by atoms with Crippen molar-refractivity contribution >= 4 is 33.3 Å². The Hall–Kier alpha value is -1.36. The molecule has 0 spiro atoms. The Kier molecular flexibility index (Phi) is 2.71. The average Bonchev–Trinajstić information content (AvgIpc) is 2.51. The van der Waals surface area contributed by atoms with Crippen LogP contribution in [0.2, 0.25) is 0 Å². The van der Waals surface area contributed by atoms with Gasteiger partial charge in [0.05, 0.1) is 22.8 Å². The number of hydrogen-bond acceptors (Lipinski definition) is 3. The quantitative estimate of drug-likeness (QED) is 0.780. The van der Waals surface area contributed by atoms with Crippen LogP contribution in [0, 0.1) is 0 Å². The predicted octanol–water partition coefficient (Wildman–Crippen LogP) is 2.01. The number of anilines is 1. The topological polar surface area (TPSA) is 46.6 Å². The first-order valence-electron chi connectivity index (χ1n) is 4.83. The number of amides is 1. The van der Waals surface area contributed by atoms with Gasteiger partial charge in [0, 0.05) is 12.6 Å². The van der Waals surface area contributed by atoms with E-state index < -0.39 is 11.7 Å². The highest BCUT2D eigenvalue weighted by Crippen LogP contribution is 2.37. The molecule has 0 N–H and O–H groups in total. The van der Waals surface area contributed by atoms with E-state index in [-0.39, 0.29) is 0 Å². The molecule has 0 aliphatic carbocycles. The number of benzene rings is 1. The van der Waals surface area contributed by atoms with Crippen molar-refractivity contribution in [2.45, 2.75) is 6.92 Å². The van der Waals surface area contributed by atoms with E-state index in [9.17, 15) is 9.59 Å². The third kappa shape index (κ3) is 1.43. The fourth-order valence-electron chi connectivity index (χ4n) is 1.77. The molecule has 0 unspecified atom stereocenters. The Morgan fingerprint density at radius 3 is 2.62 bits per heavy atom. The van der Waals surface area contributed by atoms with Crippen LogP contribution in [0.1, 0.15) is 17.3 Å². The highest BCUT2D eigenvalue weighted by molar-refractivity contribution is 9.10. The SMILES string of the molecule is CCN1C(=O)C(=O)c2cc(Br)c(OC)cc21. The molecule has 0 bridgehead atoms. The van der Waals surface area contributed by atoms with Crippen molar-refractivity contribution in [3.05, 3.63) is 22.2 Å². The van der Waals surface area contributed by atoms with Gasteiger partial charge in [-0.3, -0.25) is 9.59 Å². The summed E-state index contributed by atoms with van der Waals surface area (Å²) in [5.41, 5.74) is 1.05. The van der Waals surface area contributed by atoms with E-state index >= 15 is 0 Å². The number of carbonyl (C=O) groups is 2. The lowest BCUT2D eigenvalue weighted by Crippen LogP contribution is -2.29. The molecule has 1 aliphatic heterocycles. The summed E-state index contributed by atoms with van der Waals surface area (Å²) in [4.78, 5) is 24.7. The van der Waals surface area contributed by atoms with Crippen molar-refractivity contribution in [1.82, 2.24) is 0 Å². The van der Waals surface area contributed by atoms with Gasteiger partial charge in [0.1, 0.15) is 5.75 Å². The molecule has 4 nitrogen and oxygen atoms in total. The minimum Gasteiger partial charge on any atom is -0.495 e. The number of carbonyl (C=O) groups excluding carboxylic acids is 2. The zero-order chi connectivity index (χ0) is 11.9. The Morgan fingerprint density at radius 2 is 2.06 bits per heavy atom. The van der Waals surface area contributed by atoms with Crippen molar-refractivity contribution in [3.8, 4) is 5.75 Å². The third-order valence-corrected chi connectivity index (χ3v) is 3.18. The van der Waals surface area contributed by atoms with E-state index in [0.29, 0.717) is 28.0 Å². The molecule has 0 aromatic heterocycles. The number of Topliss-reactive ketones (excluding diaryl/α,β-unsaturated/α-hetero) is 1. The van der Waals surface area contributed by atoms with Gasteiger partial charge in [-0.25, -0.2) is 0 Å². The standard InChI is InChI=1S/C11H10BrNO3/c1-3-13-8-5-9(16-2)7(12)4-6(8)10(14)11(13)15/h4-5H,3H2,1-2H3. The first-order chi connectivity index (χ1) is 7.60. The summed E-state index contributed by atoms with van der Waals surface area (Å²) in [6, 6.07) is 3.33. The van der Waals surface area contributed by atoms with Gasteiger partial charge in [-0.15, -0.1) is 0 Å². The fraction of sp³-hybridized carbons (Fsp3) is 0.273. The lowest BCUT2D eigenvalue weighted by Gasteiger charge is -2.14. The van der Waals surface area contributed by atoms with E-state index in [4.69, 9.17) is 4.74 Å². The third-order valence-electron chi connectivity index (χ3n) is 2.56. The van der Waals surface area contributed by atoms with Crippen LogP contribution in [0.25, 0.3) is 0 Å². The first-order valence-corrected chi connectivity index (χ1v) is 5.63. The summed E-state index contributed by atoms with van der Waals surface area (Å²) in [6.45, 7) is 2.30. The molecule has 0 fully saturated rings. The maximum atomic E-state index is 11.7. The number of hydrogen-bond donors (Lipinski definition) is 0. The predicted molar refractivity (Wildman–Crippen MR) is 63.1 cm³/mol. The van der Waals surface area contributed by atoms with Crippen LogP contribution in [-0.4, -0.2) is 25.3 Å². The van der Waals surface area contributed by atoms with Crippen LogP contribution >= 0.6 is 15.9 Å². The van der Waals surface area contributed by atoms with Gasteiger partial charge in [-0.2, -0.15) is 0 Å². The van der Waals surface area contributed by atoms with E-state index in [2.05, 4.69) is 15.9 Å². The molecule has 1 heterocycles. The molecule has 5 heteroatoms. The number of fused-ring (bicyclic) bond motifs is 1. The molecular formula is C11H10BrNO3. The normalized spacial score (nSPS) is 14.3. The molecular weight excluding hydrogens is 274 g/mol. The van der Waals surface area contributed by atoms with Crippen LogP contribution in [0.5, 0.6) is 5.75 Å².